The first kappa shape index (κ1) is 29.1. The molecule has 7 N–H and O–H groups in total. The first-order valence-corrected chi connectivity index (χ1v) is 13.1. The van der Waals surface area contributed by atoms with Crippen LogP contribution in [-0.4, -0.2) is 67.4 Å². The number of amides is 2. The molecule has 0 aromatic heterocycles. The molecule has 1 atom stereocenters. The van der Waals surface area contributed by atoms with E-state index in [0.29, 0.717) is 43.7 Å². The second kappa shape index (κ2) is 14.5. The van der Waals surface area contributed by atoms with Gasteiger partial charge in [-0.15, -0.1) is 0 Å². The molecule has 10 heteroatoms. The highest BCUT2D eigenvalue weighted by Crippen LogP contribution is 2.39. The van der Waals surface area contributed by atoms with Crippen LogP contribution in [0.1, 0.15) is 47.5 Å². The van der Waals surface area contributed by atoms with Crippen LogP contribution in [0.25, 0.3) is 0 Å². The minimum atomic E-state index is -0.578. The Morgan fingerprint density at radius 3 is 2.26 bits per heavy atom. The van der Waals surface area contributed by atoms with Crippen molar-refractivity contribution >= 4 is 17.5 Å². The van der Waals surface area contributed by atoms with Gasteiger partial charge in [0.15, 0.2) is 0 Å². The number of anilines is 1. The lowest BCUT2D eigenvalue weighted by atomic mass is 10.1. The van der Waals surface area contributed by atoms with E-state index in [1.165, 1.54) is 47.9 Å². The smallest absolute Gasteiger partial charge is 0.251 e. The molecular weight excluding hydrogens is 485 g/mol. The van der Waals surface area contributed by atoms with E-state index in [1.54, 1.807) is 24.3 Å². The molecule has 1 saturated heterocycles. The summed E-state index contributed by atoms with van der Waals surface area (Å²) in [7, 11) is 2.03. The van der Waals surface area contributed by atoms with Crippen LogP contribution in [0.2, 0.25) is 0 Å². The van der Waals surface area contributed by atoms with Crippen LogP contribution in [0, 0.1) is 5.82 Å². The van der Waals surface area contributed by atoms with Crippen molar-refractivity contribution in [3.8, 4) is 0 Å². The molecular formula is C28H40FN7O2. The monoisotopic (exact) mass is 525 g/mol. The molecule has 9 nitrogen and oxygen atoms in total. The lowest BCUT2D eigenvalue weighted by molar-refractivity contribution is -0.135. The van der Waals surface area contributed by atoms with Gasteiger partial charge in [0, 0.05) is 44.1 Å². The van der Waals surface area contributed by atoms with Crippen molar-refractivity contribution in [2.45, 2.75) is 37.6 Å². The first-order chi connectivity index (χ1) is 18.3. The second-order valence-electron chi connectivity index (χ2n) is 9.71. The number of hydrogen-bond acceptors (Lipinski definition) is 7. The van der Waals surface area contributed by atoms with E-state index < -0.39 is 6.04 Å². The van der Waals surface area contributed by atoms with Crippen molar-refractivity contribution in [2.24, 2.45) is 17.3 Å². The third-order valence-electron chi connectivity index (χ3n) is 6.71. The Hall–Kier alpha value is -3.47. The predicted octanol–water partition coefficient (Wildman–Crippen LogP) is 2.11. The van der Waals surface area contributed by atoms with Gasteiger partial charge in [-0.25, -0.2) is 10.2 Å². The van der Waals surface area contributed by atoms with Gasteiger partial charge in [0.25, 0.3) is 5.91 Å². The van der Waals surface area contributed by atoms with E-state index in [2.05, 4.69) is 10.2 Å². The molecule has 2 fully saturated rings. The van der Waals surface area contributed by atoms with Gasteiger partial charge in [-0.1, -0.05) is 12.1 Å². The highest BCUT2D eigenvalue weighted by molar-refractivity contribution is 5.97. The van der Waals surface area contributed by atoms with Gasteiger partial charge in [0.2, 0.25) is 5.91 Å². The maximum Gasteiger partial charge on any atom is 0.251 e. The SMILES string of the molecule is CN1CCN(C(=O)C(CCCN)NC(=O)c2ccc(N(N)/C=C\N)cc2)CC1.Fc1ccc(C2CC2)cc1. The summed E-state index contributed by atoms with van der Waals surface area (Å²) >= 11 is 0. The van der Waals surface area contributed by atoms with Crippen molar-refractivity contribution in [2.75, 3.05) is 44.8 Å². The Kier molecular flexibility index (Phi) is 11.1. The highest BCUT2D eigenvalue weighted by atomic mass is 19.1. The van der Waals surface area contributed by atoms with Gasteiger partial charge >= 0.3 is 0 Å². The Labute approximate surface area is 224 Å². The van der Waals surface area contributed by atoms with Crippen LogP contribution >= 0.6 is 0 Å². The second-order valence-corrected chi connectivity index (χ2v) is 9.71. The van der Waals surface area contributed by atoms with Gasteiger partial charge in [0.05, 0.1) is 5.69 Å². The molecule has 2 amide bonds. The molecule has 2 aliphatic rings. The van der Waals surface area contributed by atoms with Gasteiger partial charge < -0.3 is 26.6 Å². The lowest BCUT2D eigenvalue weighted by Gasteiger charge is -2.34. The van der Waals surface area contributed by atoms with Gasteiger partial charge in [-0.2, -0.15) is 0 Å². The molecule has 38 heavy (non-hydrogen) atoms. The summed E-state index contributed by atoms with van der Waals surface area (Å²) < 4.78 is 12.4. The standard InChI is InChI=1S/C19H31N7O2.C9H9F/c1-24-11-13-25(14-12-24)19(28)17(3-2-8-20)23-18(27)15-4-6-16(7-5-15)26(22)10-9-21;10-9-5-3-8(4-6-9)7-1-2-7/h4-7,9-10,17H,2-3,8,11-14,20-22H2,1H3,(H,23,27);3-7H,1-2H2/b10-9-;. The fourth-order valence-electron chi connectivity index (χ4n) is 4.18. The van der Waals surface area contributed by atoms with Crippen LogP contribution in [0.3, 0.4) is 0 Å². The zero-order valence-electron chi connectivity index (χ0n) is 22.1. The van der Waals surface area contributed by atoms with Gasteiger partial charge in [-0.3, -0.25) is 14.6 Å². The Morgan fingerprint density at radius 2 is 1.71 bits per heavy atom. The van der Waals surface area contributed by atoms with Crippen LogP contribution in [0.15, 0.2) is 60.9 Å². The van der Waals surface area contributed by atoms with Crippen molar-refractivity contribution in [3.63, 3.8) is 0 Å². The van der Waals surface area contributed by atoms with Crippen molar-refractivity contribution in [3.05, 3.63) is 77.9 Å². The maximum absolute atomic E-state index is 12.9. The molecule has 0 radical (unpaired) electrons. The minimum absolute atomic E-state index is 0.0484. The number of hydrogen-bond donors (Lipinski definition) is 4. The summed E-state index contributed by atoms with van der Waals surface area (Å²) in [6, 6.07) is 13.0. The average Bonchev–Trinajstić information content (AvgIpc) is 3.78. The number of piperazine rings is 1. The van der Waals surface area contributed by atoms with Crippen LogP contribution in [0.5, 0.6) is 0 Å². The number of halogens is 1. The zero-order chi connectivity index (χ0) is 27.5. The molecule has 1 heterocycles. The quantitative estimate of drug-likeness (QED) is 0.291. The highest BCUT2D eigenvalue weighted by Gasteiger charge is 2.28. The van der Waals surface area contributed by atoms with E-state index in [4.69, 9.17) is 17.3 Å². The number of rotatable bonds is 9. The molecule has 0 spiro atoms. The average molecular weight is 526 g/mol. The number of carbonyl (C=O) groups excluding carboxylic acids is 2. The Bertz CT molecular complexity index is 1050. The number of hydrazine groups is 1. The summed E-state index contributed by atoms with van der Waals surface area (Å²) in [4.78, 5) is 29.6. The molecule has 2 aromatic rings. The minimum Gasteiger partial charge on any atom is -0.403 e. The van der Waals surface area contributed by atoms with Crippen molar-refractivity contribution in [1.29, 1.82) is 0 Å². The number of benzene rings is 2. The maximum atomic E-state index is 12.9. The number of nitrogens with two attached hydrogens (primary N) is 3. The number of nitrogens with one attached hydrogen (secondary N) is 1. The molecule has 1 saturated carbocycles. The van der Waals surface area contributed by atoms with Gasteiger partial charge in [-0.05, 0) is 87.2 Å². The Balaban J connectivity index is 0.000000329. The van der Waals surface area contributed by atoms with E-state index >= 15 is 0 Å². The van der Waals surface area contributed by atoms with Gasteiger partial charge in [0.1, 0.15) is 11.9 Å². The third kappa shape index (κ3) is 8.83. The molecule has 206 valence electrons. The summed E-state index contributed by atoms with van der Waals surface area (Å²) in [5, 5.41) is 4.22. The first-order valence-electron chi connectivity index (χ1n) is 13.1. The topological polar surface area (TPSA) is 134 Å². The number of carbonyl (C=O) groups is 2. The van der Waals surface area contributed by atoms with Crippen LogP contribution in [0.4, 0.5) is 10.1 Å². The predicted molar refractivity (Wildman–Crippen MR) is 148 cm³/mol. The zero-order valence-corrected chi connectivity index (χ0v) is 22.1. The molecule has 2 aromatic carbocycles. The number of likely N-dealkylation sites (N-methyl/N-ethyl adjacent to an activating group) is 1. The lowest BCUT2D eigenvalue weighted by Crippen LogP contribution is -2.54. The van der Waals surface area contributed by atoms with Crippen molar-refractivity contribution < 1.29 is 14.0 Å². The van der Waals surface area contributed by atoms with Crippen LogP contribution < -0.4 is 27.6 Å². The molecule has 1 unspecified atom stereocenters. The van der Waals surface area contributed by atoms with Crippen molar-refractivity contribution in [1.82, 2.24) is 15.1 Å². The summed E-state index contributed by atoms with van der Waals surface area (Å²) in [5.41, 5.74) is 13.4. The normalized spacial score (nSPS) is 16.5. The molecule has 0 bridgehead atoms. The van der Waals surface area contributed by atoms with Crippen LogP contribution in [-0.2, 0) is 4.79 Å². The summed E-state index contributed by atoms with van der Waals surface area (Å²) in [6.45, 7) is 3.47. The van der Waals surface area contributed by atoms with E-state index in [-0.39, 0.29) is 17.6 Å². The Morgan fingerprint density at radius 1 is 1.08 bits per heavy atom. The van der Waals surface area contributed by atoms with E-state index in [0.717, 1.165) is 19.0 Å². The molecule has 4 rings (SSSR count). The van der Waals surface area contributed by atoms with E-state index in [1.807, 2.05) is 24.1 Å². The number of nitrogens with zero attached hydrogens (tertiary/aromatic N) is 3. The third-order valence-corrected chi connectivity index (χ3v) is 6.71. The molecule has 1 aliphatic carbocycles. The van der Waals surface area contributed by atoms with E-state index in [9.17, 15) is 14.0 Å². The fraction of sp³-hybridized carbons (Fsp3) is 0.429. The molecule has 1 aliphatic heterocycles. The summed E-state index contributed by atoms with van der Waals surface area (Å²) in [5.74, 6) is 6.06. The summed E-state index contributed by atoms with van der Waals surface area (Å²) in [6.07, 6.45) is 6.58. The largest absolute Gasteiger partial charge is 0.403 e. The fourth-order valence-corrected chi connectivity index (χ4v) is 4.18.